The summed E-state index contributed by atoms with van der Waals surface area (Å²) in [6.45, 7) is 4.05. The molecular weight excluding hydrogens is 406 g/mol. The number of nitrogens with zero attached hydrogens (tertiary/aromatic N) is 4. The van der Waals surface area contributed by atoms with Gasteiger partial charge in [-0.15, -0.1) is 0 Å². The molecule has 0 bridgehead atoms. The highest BCUT2D eigenvalue weighted by atomic mass is 16.5. The fraction of sp³-hybridized carbons (Fsp3) is 0.500. The van der Waals surface area contributed by atoms with E-state index in [1.165, 1.54) is 5.56 Å². The van der Waals surface area contributed by atoms with Crippen LogP contribution in [0.15, 0.2) is 48.8 Å². The van der Waals surface area contributed by atoms with Gasteiger partial charge in [-0.1, -0.05) is 30.3 Å². The van der Waals surface area contributed by atoms with E-state index in [0.717, 1.165) is 38.9 Å². The van der Waals surface area contributed by atoms with Crippen molar-refractivity contribution in [1.29, 1.82) is 0 Å². The molecule has 3 heterocycles. The third-order valence-corrected chi connectivity index (χ3v) is 6.20. The summed E-state index contributed by atoms with van der Waals surface area (Å²) in [6.07, 6.45) is 6.48. The van der Waals surface area contributed by atoms with Crippen molar-refractivity contribution >= 4 is 11.9 Å². The molecule has 1 aromatic heterocycles. The summed E-state index contributed by atoms with van der Waals surface area (Å²) in [5, 5.41) is 3.03. The van der Waals surface area contributed by atoms with E-state index in [2.05, 4.69) is 27.4 Å². The Morgan fingerprint density at radius 2 is 1.81 bits per heavy atom. The van der Waals surface area contributed by atoms with E-state index >= 15 is 0 Å². The largest absolute Gasteiger partial charge is 0.463 e. The van der Waals surface area contributed by atoms with Crippen LogP contribution in [0, 0.1) is 11.8 Å². The Morgan fingerprint density at radius 3 is 2.56 bits per heavy atom. The number of hydrogen-bond donors (Lipinski definition) is 1. The number of amides is 3. The van der Waals surface area contributed by atoms with Crippen molar-refractivity contribution in [2.24, 2.45) is 11.8 Å². The predicted octanol–water partition coefficient (Wildman–Crippen LogP) is 2.37. The first kappa shape index (κ1) is 22.0. The molecule has 0 saturated carbocycles. The van der Waals surface area contributed by atoms with E-state index in [1.807, 2.05) is 28.0 Å². The normalized spacial score (nSPS) is 19.2. The highest BCUT2D eigenvalue weighted by Gasteiger charge is 2.33. The molecule has 2 fully saturated rings. The van der Waals surface area contributed by atoms with Crippen molar-refractivity contribution in [3.63, 3.8) is 0 Å². The Labute approximate surface area is 189 Å². The molecule has 8 heteroatoms. The summed E-state index contributed by atoms with van der Waals surface area (Å²) in [6, 6.07) is 12.3. The van der Waals surface area contributed by atoms with Crippen LogP contribution in [-0.2, 0) is 11.2 Å². The lowest BCUT2D eigenvalue weighted by Gasteiger charge is -2.34. The highest BCUT2D eigenvalue weighted by Crippen LogP contribution is 2.24. The first-order valence-electron chi connectivity index (χ1n) is 11.4. The van der Waals surface area contributed by atoms with Crippen LogP contribution in [0.4, 0.5) is 4.79 Å². The van der Waals surface area contributed by atoms with Crippen LogP contribution in [0.25, 0.3) is 0 Å². The van der Waals surface area contributed by atoms with Crippen LogP contribution in [0.2, 0.25) is 0 Å². The van der Waals surface area contributed by atoms with Gasteiger partial charge in [0.1, 0.15) is 0 Å². The molecule has 8 nitrogen and oxygen atoms in total. The van der Waals surface area contributed by atoms with Gasteiger partial charge < -0.3 is 19.9 Å². The smallest absolute Gasteiger partial charge is 0.317 e. The Bertz CT molecular complexity index is 872. The summed E-state index contributed by atoms with van der Waals surface area (Å²) in [7, 11) is 0. The predicted molar refractivity (Wildman–Crippen MR) is 120 cm³/mol. The molecule has 1 unspecified atom stereocenters. The number of carbonyl (C=O) groups is 2. The van der Waals surface area contributed by atoms with Crippen LogP contribution >= 0.6 is 0 Å². The van der Waals surface area contributed by atoms with Crippen LogP contribution < -0.4 is 10.1 Å². The summed E-state index contributed by atoms with van der Waals surface area (Å²) < 4.78 is 5.63. The summed E-state index contributed by atoms with van der Waals surface area (Å²) >= 11 is 0. The van der Waals surface area contributed by atoms with Crippen molar-refractivity contribution in [1.82, 2.24) is 25.1 Å². The number of piperidine rings is 1. The molecule has 2 aliphatic rings. The van der Waals surface area contributed by atoms with Crippen molar-refractivity contribution in [3.05, 3.63) is 54.4 Å². The molecule has 0 aliphatic carbocycles. The molecular formula is C24H31N5O3. The first-order chi connectivity index (χ1) is 15.7. The zero-order valence-electron chi connectivity index (χ0n) is 18.4. The molecule has 2 saturated heterocycles. The van der Waals surface area contributed by atoms with Gasteiger partial charge in [-0.25, -0.2) is 14.8 Å². The summed E-state index contributed by atoms with van der Waals surface area (Å²) in [4.78, 5) is 36.9. The van der Waals surface area contributed by atoms with Crippen LogP contribution in [0.5, 0.6) is 6.01 Å². The van der Waals surface area contributed by atoms with Gasteiger partial charge in [-0.05, 0) is 36.8 Å². The number of nitrogens with one attached hydrogen (secondary N) is 1. The molecule has 1 atom stereocenters. The molecule has 0 radical (unpaired) electrons. The lowest BCUT2D eigenvalue weighted by molar-refractivity contribution is -0.128. The standard InChI is InChI=1S/C24H31N5O3/c30-22-15-21(18-32-23-25-10-4-11-26-23)17-29(22)16-20-8-13-28(14-9-20)24(31)27-12-7-19-5-2-1-3-6-19/h1-6,10-11,20-21H,7-9,12-18H2,(H,27,31). The topological polar surface area (TPSA) is 87.7 Å². The summed E-state index contributed by atoms with van der Waals surface area (Å²) in [5.74, 6) is 0.792. The molecule has 2 aromatic rings. The number of hydrogen-bond acceptors (Lipinski definition) is 5. The van der Waals surface area contributed by atoms with Gasteiger partial charge in [0.25, 0.3) is 0 Å². The highest BCUT2D eigenvalue weighted by molar-refractivity contribution is 5.78. The minimum atomic E-state index is 0.0111. The molecule has 170 valence electrons. The van der Waals surface area contributed by atoms with Gasteiger partial charge in [-0.2, -0.15) is 0 Å². The molecule has 32 heavy (non-hydrogen) atoms. The maximum Gasteiger partial charge on any atom is 0.317 e. The van der Waals surface area contributed by atoms with Crippen molar-refractivity contribution in [3.8, 4) is 6.01 Å². The van der Waals surface area contributed by atoms with Crippen molar-refractivity contribution in [2.45, 2.75) is 25.7 Å². The first-order valence-corrected chi connectivity index (χ1v) is 11.4. The average Bonchev–Trinajstić information content (AvgIpc) is 3.18. The second-order valence-electron chi connectivity index (χ2n) is 8.61. The second kappa shape index (κ2) is 10.9. The van der Waals surface area contributed by atoms with Crippen LogP contribution in [0.1, 0.15) is 24.8 Å². The van der Waals surface area contributed by atoms with Crippen LogP contribution in [-0.4, -0.2) is 71.0 Å². The van der Waals surface area contributed by atoms with Crippen molar-refractivity contribution in [2.75, 3.05) is 39.3 Å². The fourth-order valence-electron chi connectivity index (χ4n) is 4.39. The number of carbonyl (C=O) groups excluding carboxylic acids is 2. The minimum Gasteiger partial charge on any atom is -0.463 e. The summed E-state index contributed by atoms with van der Waals surface area (Å²) in [5.41, 5.74) is 1.22. The quantitative estimate of drug-likeness (QED) is 0.685. The fourth-order valence-corrected chi connectivity index (χ4v) is 4.39. The zero-order valence-corrected chi connectivity index (χ0v) is 18.4. The lowest BCUT2D eigenvalue weighted by Crippen LogP contribution is -2.46. The third kappa shape index (κ3) is 6.18. The number of rotatable bonds is 8. The second-order valence-corrected chi connectivity index (χ2v) is 8.61. The molecule has 1 aromatic carbocycles. The Kier molecular flexibility index (Phi) is 7.53. The monoisotopic (exact) mass is 437 g/mol. The molecule has 4 rings (SSSR count). The van der Waals surface area contributed by atoms with Gasteiger partial charge in [-0.3, -0.25) is 4.79 Å². The lowest BCUT2D eigenvalue weighted by atomic mass is 9.96. The van der Waals surface area contributed by atoms with E-state index in [4.69, 9.17) is 4.74 Å². The maximum atomic E-state index is 12.4. The van der Waals surface area contributed by atoms with E-state index in [0.29, 0.717) is 38.0 Å². The SMILES string of the molecule is O=C1CC(COc2ncccn2)CN1CC1CCN(C(=O)NCCc2ccccc2)CC1. The van der Waals surface area contributed by atoms with Gasteiger partial charge in [0.2, 0.25) is 5.91 Å². The van der Waals surface area contributed by atoms with Gasteiger partial charge in [0.15, 0.2) is 0 Å². The molecule has 1 N–H and O–H groups in total. The third-order valence-electron chi connectivity index (χ3n) is 6.20. The number of ether oxygens (including phenoxy) is 1. The zero-order chi connectivity index (χ0) is 22.2. The van der Waals surface area contributed by atoms with Gasteiger partial charge in [0.05, 0.1) is 6.61 Å². The molecule has 3 amide bonds. The van der Waals surface area contributed by atoms with E-state index in [9.17, 15) is 9.59 Å². The Morgan fingerprint density at radius 1 is 1.06 bits per heavy atom. The molecule has 2 aliphatic heterocycles. The maximum absolute atomic E-state index is 12.4. The minimum absolute atomic E-state index is 0.0111. The number of aromatic nitrogens is 2. The van der Waals surface area contributed by atoms with Crippen molar-refractivity contribution < 1.29 is 14.3 Å². The number of likely N-dealkylation sites (tertiary alicyclic amines) is 2. The Balaban J connectivity index is 1.14. The average molecular weight is 438 g/mol. The van der Waals surface area contributed by atoms with E-state index < -0.39 is 0 Å². The van der Waals surface area contributed by atoms with E-state index in [1.54, 1.807) is 18.5 Å². The number of benzene rings is 1. The van der Waals surface area contributed by atoms with Gasteiger partial charge in [0, 0.05) is 57.5 Å². The number of urea groups is 1. The Hall–Kier alpha value is -3.16. The van der Waals surface area contributed by atoms with Gasteiger partial charge >= 0.3 is 12.0 Å². The molecule has 0 spiro atoms. The van der Waals surface area contributed by atoms with E-state index in [-0.39, 0.29) is 17.9 Å². The van der Waals surface area contributed by atoms with Crippen LogP contribution in [0.3, 0.4) is 0 Å².